The van der Waals surface area contributed by atoms with Crippen LogP contribution in [0.3, 0.4) is 0 Å². The van der Waals surface area contributed by atoms with Crippen molar-refractivity contribution in [3.05, 3.63) is 23.8 Å². The third-order valence-electron chi connectivity index (χ3n) is 4.64. The number of benzene rings is 1. The summed E-state index contributed by atoms with van der Waals surface area (Å²) >= 11 is 0. The summed E-state index contributed by atoms with van der Waals surface area (Å²) in [5, 5.41) is 22.5. The Labute approximate surface area is 124 Å². The van der Waals surface area contributed by atoms with E-state index in [4.69, 9.17) is 0 Å². The Balaban J connectivity index is 1.79. The van der Waals surface area contributed by atoms with E-state index in [1.165, 1.54) is 18.2 Å². The van der Waals surface area contributed by atoms with Crippen LogP contribution in [0.15, 0.2) is 18.2 Å². The monoisotopic (exact) mass is 290 g/mol. The summed E-state index contributed by atoms with van der Waals surface area (Å²) in [7, 11) is 0. The van der Waals surface area contributed by atoms with Gasteiger partial charge in [-0.1, -0.05) is 0 Å². The van der Waals surface area contributed by atoms with Crippen LogP contribution in [0.1, 0.15) is 36.0 Å². The second kappa shape index (κ2) is 5.93. The van der Waals surface area contributed by atoms with E-state index in [1.54, 1.807) is 0 Å². The van der Waals surface area contributed by atoms with Gasteiger partial charge in [0.05, 0.1) is 0 Å². The second-order valence-corrected chi connectivity index (χ2v) is 6.03. The predicted molar refractivity (Wildman–Crippen MR) is 79.4 cm³/mol. The van der Waals surface area contributed by atoms with Crippen molar-refractivity contribution < 1.29 is 15.0 Å². The molecule has 0 aliphatic carbocycles. The summed E-state index contributed by atoms with van der Waals surface area (Å²) in [6.45, 7) is 2.82. The average molecular weight is 290 g/mol. The molecule has 0 spiro atoms. The van der Waals surface area contributed by atoms with Gasteiger partial charge in [-0.3, -0.25) is 4.79 Å². The number of rotatable bonds is 2. The minimum absolute atomic E-state index is 0.0732. The van der Waals surface area contributed by atoms with E-state index < -0.39 is 0 Å². The highest BCUT2D eigenvalue weighted by molar-refractivity contribution is 5.95. The minimum Gasteiger partial charge on any atom is -0.508 e. The SMILES string of the molecule is O=C(c1cc(O)cc(O)c1)N1CCCC1C1CCNCC1. The number of aromatic hydroxyl groups is 2. The van der Waals surface area contributed by atoms with Gasteiger partial charge >= 0.3 is 0 Å². The van der Waals surface area contributed by atoms with E-state index in [0.29, 0.717) is 17.5 Å². The van der Waals surface area contributed by atoms with Crippen LogP contribution in [0, 0.1) is 5.92 Å². The standard InChI is InChI=1S/C16H22N2O3/c19-13-8-12(9-14(20)10-13)16(21)18-7-1-2-15(18)11-3-5-17-6-4-11/h8-11,15,17,19-20H,1-7H2. The van der Waals surface area contributed by atoms with Crippen LogP contribution in [0.2, 0.25) is 0 Å². The van der Waals surface area contributed by atoms with E-state index in [1.807, 2.05) is 4.90 Å². The fraction of sp³-hybridized carbons (Fsp3) is 0.562. The Morgan fingerprint density at radius 1 is 1.10 bits per heavy atom. The zero-order valence-corrected chi connectivity index (χ0v) is 12.1. The first-order chi connectivity index (χ1) is 10.1. The molecule has 1 atom stereocenters. The van der Waals surface area contributed by atoms with E-state index in [9.17, 15) is 15.0 Å². The number of piperidine rings is 1. The topological polar surface area (TPSA) is 72.8 Å². The third kappa shape index (κ3) is 2.97. The molecular weight excluding hydrogens is 268 g/mol. The van der Waals surface area contributed by atoms with E-state index >= 15 is 0 Å². The van der Waals surface area contributed by atoms with Crippen LogP contribution in [0.4, 0.5) is 0 Å². The molecule has 2 aliphatic heterocycles. The van der Waals surface area contributed by atoms with Gasteiger partial charge in [0.25, 0.3) is 5.91 Å². The number of nitrogens with one attached hydrogen (secondary N) is 1. The van der Waals surface area contributed by atoms with Crippen molar-refractivity contribution in [2.75, 3.05) is 19.6 Å². The van der Waals surface area contributed by atoms with E-state index in [-0.39, 0.29) is 17.4 Å². The maximum Gasteiger partial charge on any atom is 0.254 e. The van der Waals surface area contributed by atoms with Crippen LogP contribution < -0.4 is 5.32 Å². The molecule has 3 rings (SSSR count). The number of carbonyl (C=O) groups is 1. The minimum atomic E-state index is -0.0813. The molecule has 2 fully saturated rings. The van der Waals surface area contributed by atoms with Crippen molar-refractivity contribution in [3.63, 3.8) is 0 Å². The third-order valence-corrected chi connectivity index (χ3v) is 4.64. The van der Waals surface area contributed by atoms with Crippen LogP contribution in [-0.2, 0) is 0 Å². The molecule has 0 aromatic heterocycles. The molecule has 5 heteroatoms. The lowest BCUT2D eigenvalue weighted by molar-refractivity contribution is 0.0665. The van der Waals surface area contributed by atoms with Gasteiger partial charge in [0, 0.05) is 24.2 Å². The smallest absolute Gasteiger partial charge is 0.254 e. The van der Waals surface area contributed by atoms with Gasteiger partial charge in [-0.25, -0.2) is 0 Å². The molecule has 1 unspecified atom stereocenters. The second-order valence-electron chi connectivity index (χ2n) is 6.03. The highest BCUT2D eigenvalue weighted by atomic mass is 16.3. The van der Waals surface area contributed by atoms with E-state index in [0.717, 1.165) is 45.3 Å². The predicted octanol–water partition coefficient (Wildman–Crippen LogP) is 1.70. The highest BCUT2D eigenvalue weighted by Gasteiger charge is 2.35. The van der Waals surface area contributed by atoms with Crippen molar-refractivity contribution >= 4 is 5.91 Å². The van der Waals surface area contributed by atoms with Gasteiger partial charge in [-0.2, -0.15) is 0 Å². The van der Waals surface area contributed by atoms with E-state index in [2.05, 4.69) is 5.32 Å². The Hall–Kier alpha value is -1.75. The summed E-state index contributed by atoms with van der Waals surface area (Å²) in [5.74, 6) is 0.331. The fourth-order valence-corrected chi connectivity index (χ4v) is 3.65. The van der Waals surface area contributed by atoms with Gasteiger partial charge < -0.3 is 20.4 Å². The lowest BCUT2D eigenvalue weighted by atomic mass is 9.88. The Morgan fingerprint density at radius 3 is 2.43 bits per heavy atom. The summed E-state index contributed by atoms with van der Waals surface area (Å²) in [6.07, 6.45) is 4.31. The Morgan fingerprint density at radius 2 is 1.76 bits per heavy atom. The molecule has 3 N–H and O–H groups in total. The molecule has 1 aromatic rings. The number of hydrogen-bond acceptors (Lipinski definition) is 4. The number of hydrogen-bond donors (Lipinski definition) is 3. The Kier molecular flexibility index (Phi) is 4.01. The summed E-state index contributed by atoms with van der Waals surface area (Å²) in [4.78, 5) is 14.6. The quantitative estimate of drug-likeness (QED) is 0.775. The first kappa shape index (κ1) is 14.2. The molecule has 2 saturated heterocycles. The number of amides is 1. The summed E-state index contributed by atoms with van der Waals surface area (Å²) < 4.78 is 0. The number of nitrogens with zero attached hydrogens (tertiary/aromatic N) is 1. The first-order valence-corrected chi connectivity index (χ1v) is 7.70. The largest absolute Gasteiger partial charge is 0.508 e. The van der Waals surface area contributed by atoms with Gasteiger partial charge in [-0.05, 0) is 56.8 Å². The van der Waals surface area contributed by atoms with Gasteiger partial charge in [0.15, 0.2) is 0 Å². The molecule has 2 heterocycles. The fourth-order valence-electron chi connectivity index (χ4n) is 3.65. The van der Waals surface area contributed by atoms with Crippen LogP contribution in [0.25, 0.3) is 0 Å². The lowest BCUT2D eigenvalue weighted by Crippen LogP contribution is -2.43. The molecule has 0 saturated carbocycles. The van der Waals surface area contributed by atoms with Crippen LogP contribution in [-0.4, -0.2) is 46.7 Å². The van der Waals surface area contributed by atoms with Gasteiger partial charge in [0.1, 0.15) is 11.5 Å². The maximum atomic E-state index is 12.7. The summed E-state index contributed by atoms with van der Waals surface area (Å²) in [6, 6.07) is 4.40. The Bertz CT molecular complexity index is 506. The van der Waals surface area contributed by atoms with Gasteiger partial charge in [-0.15, -0.1) is 0 Å². The summed E-state index contributed by atoms with van der Waals surface area (Å²) in [5.41, 5.74) is 0.369. The molecule has 21 heavy (non-hydrogen) atoms. The zero-order valence-electron chi connectivity index (χ0n) is 12.1. The number of likely N-dealkylation sites (tertiary alicyclic amines) is 1. The number of phenolic OH excluding ortho intramolecular Hbond substituents is 2. The maximum absolute atomic E-state index is 12.7. The molecule has 114 valence electrons. The highest BCUT2D eigenvalue weighted by Crippen LogP contribution is 2.31. The lowest BCUT2D eigenvalue weighted by Gasteiger charge is -2.34. The van der Waals surface area contributed by atoms with Crippen molar-refractivity contribution in [3.8, 4) is 11.5 Å². The van der Waals surface area contributed by atoms with Crippen molar-refractivity contribution in [2.24, 2.45) is 5.92 Å². The molecule has 5 nitrogen and oxygen atoms in total. The number of phenols is 2. The van der Waals surface area contributed by atoms with Crippen molar-refractivity contribution in [1.29, 1.82) is 0 Å². The average Bonchev–Trinajstić information content (AvgIpc) is 2.95. The van der Waals surface area contributed by atoms with Crippen LogP contribution >= 0.6 is 0 Å². The molecule has 2 aliphatic rings. The van der Waals surface area contributed by atoms with Crippen LogP contribution in [0.5, 0.6) is 11.5 Å². The zero-order chi connectivity index (χ0) is 14.8. The molecule has 0 bridgehead atoms. The number of carbonyl (C=O) groups excluding carboxylic acids is 1. The molecule has 0 radical (unpaired) electrons. The van der Waals surface area contributed by atoms with Gasteiger partial charge in [0.2, 0.25) is 0 Å². The normalized spacial score (nSPS) is 23.4. The molecule has 1 aromatic carbocycles. The van der Waals surface area contributed by atoms with Crippen molar-refractivity contribution in [1.82, 2.24) is 10.2 Å². The first-order valence-electron chi connectivity index (χ1n) is 7.70. The molecule has 1 amide bonds. The molecular formula is C16H22N2O3. The van der Waals surface area contributed by atoms with Crippen molar-refractivity contribution in [2.45, 2.75) is 31.7 Å².